The van der Waals surface area contributed by atoms with Gasteiger partial charge in [-0.2, -0.15) is 8.78 Å². The van der Waals surface area contributed by atoms with Crippen LogP contribution in [0.3, 0.4) is 0 Å². The van der Waals surface area contributed by atoms with Crippen molar-refractivity contribution in [2.24, 2.45) is 0 Å². The molecule has 0 aliphatic rings. The molecule has 2 nitrogen and oxygen atoms in total. The maximum absolute atomic E-state index is 14.8. The van der Waals surface area contributed by atoms with Gasteiger partial charge in [0.1, 0.15) is 0 Å². The second kappa shape index (κ2) is 29.4. The normalized spacial score (nSPS) is 11.0. The number of halogens is 4. The molecular formula is C61H74F4O2. The topological polar surface area (TPSA) is 18.5 Å². The van der Waals surface area contributed by atoms with Gasteiger partial charge in [-0.15, -0.1) is 0 Å². The van der Waals surface area contributed by atoms with Crippen LogP contribution in [0.2, 0.25) is 0 Å². The largest absolute Gasteiger partial charge is 0.490 e. The van der Waals surface area contributed by atoms with Crippen molar-refractivity contribution in [1.29, 1.82) is 0 Å². The summed E-state index contributed by atoms with van der Waals surface area (Å²) in [6, 6.07) is 38.7. The van der Waals surface area contributed by atoms with Crippen LogP contribution >= 0.6 is 0 Å². The molecule has 0 fully saturated rings. The summed E-state index contributed by atoms with van der Waals surface area (Å²) < 4.78 is 69.8. The number of benzene rings is 6. The molecule has 0 amide bonds. The monoisotopic (exact) mass is 915 g/mol. The van der Waals surface area contributed by atoms with E-state index in [1.807, 2.05) is 48.5 Å². The van der Waals surface area contributed by atoms with Crippen LogP contribution < -0.4 is 9.47 Å². The predicted molar refractivity (Wildman–Crippen MR) is 274 cm³/mol. The van der Waals surface area contributed by atoms with Crippen LogP contribution in [0.1, 0.15) is 148 Å². The summed E-state index contributed by atoms with van der Waals surface area (Å²) in [4.78, 5) is 0. The Morgan fingerprint density at radius 2 is 0.567 bits per heavy atom. The van der Waals surface area contributed by atoms with Gasteiger partial charge in [0.15, 0.2) is 23.1 Å². The lowest BCUT2D eigenvalue weighted by Crippen LogP contribution is -2.01. The molecule has 6 heteroatoms. The fourth-order valence-electron chi connectivity index (χ4n) is 8.26. The average molecular weight is 915 g/mol. The zero-order valence-electron chi connectivity index (χ0n) is 40.7. The van der Waals surface area contributed by atoms with Gasteiger partial charge in [0.25, 0.3) is 0 Å². The molecule has 0 bridgehead atoms. The Balaban J connectivity index is 0.000000251. The van der Waals surface area contributed by atoms with Crippen molar-refractivity contribution in [3.05, 3.63) is 156 Å². The highest BCUT2D eigenvalue weighted by Gasteiger charge is 2.18. The highest BCUT2D eigenvalue weighted by atomic mass is 19.2. The van der Waals surface area contributed by atoms with E-state index in [9.17, 15) is 17.6 Å². The standard InChI is InChI=1S/C31H38F2O.C30H36F2O/c1-3-5-7-8-9-11-23-34-29-22-21-28(30(32)31(29)33)27-19-17-26(18-20-27)25-15-13-24(14-16-25)12-10-6-4-2;1-3-5-7-8-10-22-33-28-21-20-27(29(31)30(28)32)26-18-16-25(17-19-26)24-14-12-23(13-15-24)11-9-6-4-2/h13-22H,3-12,23H2,1-2H3;12-21H,3-11,22H2,1-2H3. The lowest BCUT2D eigenvalue weighted by Gasteiger charge is -2.11. The fourth-order valence-corrected chi connectivity index (χ4v) is 8.26. The van der Waals surface area contributed by atoms with Crippen LogP contribution in [0.5, 0.6) is 11.5 Å². The number of unbranched alkanes of at least 4 members (excludes halogenated alkanes) is 13. The maximum atomic E-state index is 14.8. The van der Waals surface area contributed by atoms with Crippen molar-refractivity contribution < 1.29 is 27.0 Å². The first-order chi connectivity index (χ1) is 32.8. The number of hydrogen-bond donors (Lipinski definition) is 0. The van der Waals surface area contributed by atoms with E-state index >= 15 is 0 Å². The molecule has 0 saturated carbocycles. The summed E-state index contributed by atoms with van der Waals surface area (Å²) >= 11 is 0. The highest BCUT2D eigenvalue weighted by Crippen LogP contribution is 2.34. The van der Waals surface area contributed by atoms with Crippen molar-refractivity contribution in [3.63, 3.8) is 0 Å². The van der Waals surface area contributed by atoms with E-state index in [-0.39, 0.29) is 22.6 Å². The zero-order chi connectivity index (χ0) is 47.6. The van der Waals surface area contributed by atoms with Gasteiger partial charge < -0.3 is 9.47 Å². The lowest BCUT2D eigenvalue weighted by atomic mass is 9.98. The molecule has 0 saturated heterocycles. The Labute approximate surface area is 400 Å². The van der Waals surface area contributed by atoms with E-state index in [0.717, 1.165) is 73.6 Å². The number of aryl methyl sites for hydroxylation is 2. The van der Waals surface area contributed by atoms with E-state index < -0.39 is 23.3 Å². The Kier molecular flexibility index (Phi) is 23.1. The van der Waals surface area contributed by atoms with E-state index in [4.69, 9.17) is 9.47 Å². The number of hydrogen-bond acceptors (Lipinski definition) is 2. The summed E-state index contributed by atoms with van der Waals surface area (Å²) in [6.07, 6.45) is 21.8. The molecule has 0 aromatic heterocycles. The molecule has 0 N–H and O–H groups in total. The lowest BCUT2D eigenvalue weighted by molar-refractivity contribution is 0.285. The summed E-state index contributed by atoms with van der Waals surface area (Å²) in [7, 11) is 0. The van der Waals surface area contributed by atoms with Gasteiger partial charge in [-0.05, 0) is 107 Å². The quantitative estimate of drug-likeness (QED) is 0.0379. The third-order valence-corrected chi connectivity index (χ3v) is 12.5. The molecule has 0 aliphatic heterocycles. The Hall–Kier alpha value is -5.36. The van der Waals surface area contributed by atoms with Crippen molar-refractivity contribution in [2.45, 2.75) is 150 Å². The van der Waals surface area contributed by atoms with Crippen LogP contribution in [-0.4, -0.2) is 13.2 Å². The summed E-state index contributed by atoms with van der Waals surface area (Å²) in [5.74, 6) is -3.56. The van der Waals surface area contributed by atoms with Gasteiger partial charge in [-0.3, -0.25) is 0 Å². The van der Waals surface area contributed by atoms with Crippen LogP contribution in [0.25, 0.3) is 44.5 Å². The van der Waals surface area contributed by atoms with Gasteiger partial charge >= 0.3 is 0 Å². The molecule has 6 aromatic rings. The number of ether oxygens (including phenoxy) is 2. The minimum Gasteiger partial charge on any atom is -0.490 e. The Morgan fingerprint density at radius 1 is 0.284 bits per heavy atom. The summed E-state index contributed by atoms with van der Waals surface area (Å²) in [6.45, 7) is 9.60. The molecule has 0 heterocycles. The van der Waals surface area contributed by atoms with Gasteiger partial charge in [-0.1, -0.05) is 208 Å². The fraction of sp³-hybridized carbons (Fsp3) is 0.410. The molecule has 0 aliphatic carbocycles. The molecule has 67 heavy (non-hydrogen) atoms. The molecule has 0 unspecified atom stereocenters. The molecule has 6 aromatic carbocycles. The second-order valence-electron chi connectivity index (χ2n) is 17.8. The SMILES string of the molecule is CCCCCCCCOc1ccc(-c2ccc(-c3ccc(CCCCC)cc3)cc2)c(F)c1F.CCCCCCCOc1ccc(-c2ccc(-c3ccc(CCCCC)cc3)cc2)c(F)c1F. The highest BCUT2D eigenvalue weighted by molar-refractivity contribution is 5.72. The summed E-state index contributed by atoms with van der Waals surface area (Å²) in [5.41, 5.74) is 8.87. The Morgan fingerprint density at radius 3 is 0.910 bits per heavy atom. The smallest absolute Gasteiger partial charge is 0.201 e. The predicted octanol–water partition coefficient (Wildman–Crippen LogP) is 19.2. The van der Waals surface area contributed by atoms with Gasteiger partial charge in [0.05, 0.1) is 13.2 Å². The summed E-state index contributed by atoms with van der Waals surface area (Å²) in [5, 5.41) is 0. The van der Waals surface area contributed by atoms with Crippen LogP contribution in [0, 0.1) is 23.3 Å². The first kappa shape index (κ1) is 52.6. The average Bonchev–Trinajstić information content (AvgIpc) is 3.36. The first-order valence-corrected chi connectivity index (χ1v) is 25.4. The molecule has 0 atom stereocenters. The van der Waals surface area contributed by atoms with Crippen molar-refractivity contribution in [2.75, 3.05) is 13.2 Å². The minimum absolute atomic E-state index is 0.00884. The molecule has 0 spiro atoms. The molecule has 0 radical (unpaired) electrons. The Bertz CT molecular complexity index is 2300. The van der Waals surface area contributed by atoms with Gasteiger partial charge in [-0.25, -0.2) is 8.78 Å². The van der Waals surface area contributed by atoms with Crippen LogP contribution in [-0.2, 0) is 12.8 Å². The number of rotatable bonds is 27. The van der Waals surface area contributed by atoms with Crippen LogP contribution in [0.4, 0.5) is 17.6 Å². The van der Waals surface area contributed by atoms with E-state index in [0.29, 0.717) is 24.3 Å². The van der Waals surface area contributed by atoms with E-state index in [1.165, 1.54) is 93.9 Å². The van der Waals surface area contributed by atoms with Crippen molar-refractivity contribution in [3.8, 4) is 56.0 Å². The van der Waals surface area contributed by atoms with E-state index in [1.54, 1.807) is 12.1 Å². The minimum atomic E-state index is -0.913. The second-order valence-corrected chi connectivity index (χ2v) is 17.8. The third-order valence-electron chi connectivity index (χ3n) is 12.5. The molecule has 6 rings (SSSR count). The van der Waals surface area contributed by atoms with Gasteiger partial charge in [0.2, 0.25) is 11.6 Å². The maximum Gasteiger partial charge on any atom is 0.201 e. The van der Waals surface area contributed by atoms with Crippen molar-refractivity contribution in [1.82, 2.24) is 0 Å². The molecule has 358 valence electrons. The van der Waals surface area contributed by atoms with E-state index in [2.05, 4.69) is 76.2 Å². The first-order valence-electron chi connectivity index (χ1n) is 25.4. The van der Waals surface area contributed by atoms with Crippen molar-refractivity contribution >= 4 is 0 Å². The molecular weight excluding hydrogens is 841 g/mol. The third kappa shape index (κ3) is 16.7. The van der Waals surface area contributed by atoms with Gasteiger partial charge in [0, 0.05) is 11.1 Å². The zero-order valence-corrected chi connectivity index (χ0v) is 40.7. The van der Waals surface area contributed by atoms with Crippen LogP contribution in [0.15, 0.2) is 121 Å².